The third kappa shape index (κ3) is 3.33. The molecule has 3 N–H and O–H groups in total. The predicted molar refractivity (Wildman–Crippen MR) is 86.7 cm³/mol. The van der Waals surface area contributed by atoms with Crippen molar-refractivity contribution in [3.05, 3.63) is 34.9 Å². The average molecular weight is 310 g/mol. The molecule has 0 bridgehead atoms. The van der Waals surface area contributed by atoms with Gasteiger partial charge < -0.3 is 16.0 Å². The normalized spacial score (nSPS) is 25.4. The summed E-state index contributed by atoms with van der Waals surface area (Å²) < 4.78 is 0. The molecule has 0 spiro atoms. The van der Waals surface area contributed by atoms with E-state index in [4.69, 9.17) is 17.3 Å². The first-order valence-corrected chi connectivity index (χ1v) is 7.81. The van der Waals surface area contributed by atoms with Crippen LogP contribution in [0.5, 0.6) is 0 Å². The van der Waals surface area contributed by atoms with Gasteiger partial charge in [0.25, 0.3) is 0 Å². The maximum atomic E-state index is 11.7. The molecule has 1 aliphatic rings. The molecule has 21 heavy (non-hydrogen) atoms. The second-order valence-corrected chi connectivity index (χ2v) is 6.33. The van der Waals surface area contributed by atoms with Crippen molar-refractivity contribution in [3.8, 4) is 0 Å². The van der Waals surface area contributed by atoms with Crippen LogP contribution >= 0.6 is 11.6 Å². The molecule has 0 aromatic heterocycles. The van der Waals surface area contributed by atoms with E-state index < -0.39 is 0 Å². The van der Waals surface area contributed by atoms with Crippen molar-refractivity contribution in [2.75, 3.05) is 20.6 Å². The van der Waals surface area contributed by atoms with Crippen LogP contribution in [0.1, 0.15) is 31.2 Å². The Morgan fingerprint density at radius 1 is 1.48 bits per heavy atom. The second-order valence-electron chi connectivity index (χ2n) is 5.89. The Hall–Kier alpha value is -1.26. The third-order valence-electron chi connectivity index (χ3n) is 4.82. The van der Waals surface area contributed by atoms with Crippen LogP contribution in [0.25, 0.3) is 0 Å². The molecule has 0 radical (unpaired) electrons. The van der Waals surface area contributed by atoms with Crippen LogP contribution in [-0.2, 0) is 5.41 Å². The van der Waals surface area contributed by atoms with Gasteiger partial charge in [0.15, 0.2) is 0 Å². The molecule has 1 fully saturated rings. The average Bonchev–Trinajstić information content (AvgIpc) is 2.53. The van der Waals surface area contributed by atoms with E-state index in [2.05, 4.69) is 11.4 Å². The van der Waals surface area contributed by atoms with Crippen molar-refractivity contribution in [1.29, 1.82) is 0 Å². The van der Waals surface area contributed by atoms with Crippen molar-refractivity contribution in [2.45, 2.75) is 37.1 Å². The SMILES string of the molecule is CNC(=O)N(C)C1CCC(CN)(c2cccc(Cl)c2)CC1. The summed E-state index contributed by atoms with van der Waals surface area (Å²) in [4.78, 5) is 13.5. The number of rotatable bonds is 3. The number of nitrogens with one attached hydrogen (secondary N) is 1. The molecule has 4 nitrogen and oxygen atoms in total. The van der Waals surface area contributed by atoms with Crippen molar-refractivity contribution in [2.24, 2.45) is 5.73 Å². The van der Waals surface area contributed by atoms with E-state index in [0.29, 0.717) is 6.54 Å². The Bertz CT molecular complexity index is 498. The monoisotopic (exact) mass is 309 g/mol. The van der Waals surface area contributed by atoms with Gasteiger partial charge in [-0.25, -0.2) is 4.79 Å². The van der Waals surface area contributed by atoms with Crippen molar-refractivity contribution in [3.63, 3.8) is 0 Å². The molecular weight excluding hydrogens is 286 g/mol. The smallest absolute Gasteiger partial charge is 0.317 e. The predicted octanol–water partition coefficient (Wildman–Crippen LogP) is 2.75. The number of nitrogens with zero attached hydrogens (tertiary/aromatic N) is 1. The number of hydrogen-bond acceptors (Lipinski definition) is 2. The minimum Gasteiger partial charge on any atom is -0.341 e. The number of amides is 2. The van der Waals surface area contributed by atoms with Gasteiger partial charge in [0.2, 0.25) is 0 Å². The van der Waals surface area contributed by atoms with E-state index >= 15 is 0 Å². The maximum Gasteiger partial charge on any atom is 0.317 e. The molecule has 0 aliphatic heterocycles. The van der Waals surface area contributed by atoms with Gasteiger partial charge >= 0.3 is 6.03 Å². The first-order valence-electron chi connectivity index (χ1n) is 7.43. The highest BCUT2D eigenvalue weighted by atomic mass is 35.5. The summed E-state index contributed by atoms with van der Waals surface area (Å²) >= 11 is 6.12. The molecule has 2 rings (SSSR count). The summed E-state index contributed by atoms with van der Waals surface area (Å²) in [6, 6.07) is 8.27. The van der Waals surface area contributed by atoms with Crippen LogP contribution in [0.4, 0.5) is 4.79 Å². The molecule has 0 saturated heterocycles. The summed E-state index contributed by atoms with van der Waals surface area (Å²) in [6.45, 7) is 0.615. The van der Waals surface area contributed by atoms with E-state index in [1.165, 1.54) is 5.56 Å². The lowest BCUT2D eigenvalue weighted by atomic mass is 9.68. The molecule has 1 saturated carbocycles. The summed E-state index contributed by atoms with van der Waals surface area (Å²) in [5.41, 5.74) is 7.30. The summed E-state index contributed by atoms with van der Waals surface area (Å²) in [7, 11) is 3.52. The van der Waals surface area contributed by atoms with Gasteiger partial charge in [-0.2, -0.15) is 0 Å². The lowest BCUT2D eigenvalue weighted by Gasteiger charge is -2.42. The minimum absolute atomic E-state index is 0.00900. The van der Waals surface area contributed by atoms with Crippen LogP contribution in [0, 0.1) is 0 Å². The molecule has 116 valence electrons. The number of nitrogens with two attached hydrogens (primary N) is 1. The highest BCUT2D eigenvalue weighted by Gasteiger charge is 2.37. The molecule has 0 atom stereocenters. The van der Waals surface area contributed by atoms with Crippen molar-refractivity contribution >= 4 is 17.6 Å². The summed E-state index contributed by atoms with van der Waals surface area (Å²) in [5, 5.41) is 3.44. The van der Waals surface area contributed by atoms with E-state index in [9.17, 15) is 4.79 Å². The fourth-order valence-electron chi connectivity index (χ4n) is 3.31. The molecular formula is C16H24ClN3O. The fourth-order valence-corrected chi connectivity index (χ4v) is 3.50. The maximum absolute atomic E-state index is 11.7. The van der Waals surface area contributed by atoms with Gasteiger partial charge in [-0.1, -0.05) is 23.7 Å². The minimum atomic E-state index is -0.0250. The van der Waals surface area contributed by atoms with E-state index in [1.807, 2.05) is 25.2 Å². The lowest BCUT2D eigenvalue weighted by molar-refractivity contribution is 0.153. The topological polar surface area (TPSA) is 58.4 Å². The van der Waals surface area contributed by atoms with Crippen LogP contribution in [0.2, 0.25) is 5.02 Å². The zero-order chi connectivity index (χ0) is 15.5. The van der Waals surface area contributed by atoms with Crippen molar-refractivity contribution in [1.82, 2.24) is 10.2 Å². The van der Waals surface area contributed by atoms with Crippen LogP contribution in [0.15, 0.2) is 24.3 Å². The number of urea groups is 1. The Kier molecular flexibility index (Phi) is 5.12. The standard InChI is InChI=1S/C16H24ClN3O/c1-19-15(21)20(2)14-6-8-16(11-18,9-7-14)12-4-3-5-13(17)10-12/h3-5,10,14H,6-9,11,18H2,1-2H3,(H,19,21). The van der Waals surface area contributed by atoms with Crippen LogP contribution < -0.4 is 11.1 Å². The Balaban J connectivity index is 2.11. The van der Waals surface area contributed by atoms with Crippen LogP contribution in [-0.4, -0.2) is 37.6 Å². The molecule has 5 heteroatoms. The highest BCUT2D eigenvalue weighted by molar-refractivity contribution is 6.30. The van der Waals surface area contributed by atoms with Gasteiger partial charge in [-0.15, -0.1) is 0 Å². The van der Waals surface area contributed by atoms with Gasteiger partial charge in [-0.05, 0) is 43.4 Å². The number of carbonyl (C=O) groups excluding carboxylic acids is 1. The number of hydrogen-bond donors (Lipinski definition) is 2. The van der Waals surface area contributed by atoms with Crippen LogP contribution in [0.3, 0.4) is 0 Å². The molecule has 1 aliphatic carbocycles. The van der Waals surface area contributed by atoms with Gasteiger partial charge in [0.1, 0.15) is 0 Å². The van der Waals surface area contributed by atoms with Gasteiger partial charge in [-0.3, -0.25) is 0 Å². The van der Waals surface area contributed by atoms with Gasteiger partial charge in [0.05, 0.1) is 0 Å². The van der Waals surface area contributed by atoms with Crippen molar-refractivity contribution < 1.29 is 4.79 Å². The Morgan fingerprint density at radius 3 is 2.67 bits per heavy atom. The number of halogens is 1. The van der Waals surface area contributed by atoms with Gasteiger partial charge in [0, 0.05) is 37.1 Å². The zero-order valence-corrected chi connectivity index (χ0v) is 13.5. The lowest BCUT2D eigenvalue weighted by Crippen LogP contribution is -2.48. The summed E-state index contributed by atoms with van der Waals surface area (Å²) in [6.07, 6.45) is 3.90. The van der Waals surface area contributed by atoms with E-state index in [-0.39, 0.29) is 17.5 Å². The molecule has 1 aromatic rings. The quantitative estimate of drug-likeness (QED) is 0.902. The molecule has 2 amide bonds. The Labute approximate surface area is 131 Å². The molecule has 0 unspecified atom stereocenters. The largest absolute Gasteiger partial charge is 0.341 e. The second kappa shape index (κ2) is 6.67. The Morgan fingerprint density at radius 2 is 2.14 bits per heavy atom. The zero-order valence-electron chi connectivity index (χ0n) is 12.7. The first-order chi connectivity index (χ1) is 10.0. The molecule has 0 heterocycles. The first kappa shape index (κ1) is 16.1. The van der Waals surface area contributed by atoms with E-state index in [1.54, 1.807) is 11.9 Å². The summed E-state index contributed by atoms with van der Waals surface area (Å²) in [5.74, 6) is 0. The third-order valence-corrected chi connectivity index (χ3v) is 5.06. The highest BCUT2D eigenvalue weighted by Crippen LogP contribution is 2.40. The van der Waals surface area contributed by atoms with E-state index in [0.717, 1.165) is 30.7 Å². The fraction of sp³-hybridized carbons (Fsp3) is 0.562. The molecule has 1 aromatic carbocycles. The number of carbonyl (C=O) groups is 1. The number of benzene rings is 1.